The Kier molecular flexibility index (Phi) is 4.23. The zero-order valence-electron chi connectivity index (χ0n) is 9.28. The van der Waals surface area contributed by atoms with Gasteiger partial charge in [-0.25, -0.2) is 0 Å². The van der Waals surface area contributed by atoms with E-state index < -0.39 is 0 Å². The summed E-state index contributed by atoms with van der Waals surface area (Å²) in [5.74, 6) is 1.13. The second-order valence-corrected chi connectivity index (χ2v) is 5.68. The number of thioether (sulfide) groups is 1. The lowest BCUT2D eigenvalue weighted by atomic mass is 10.00. The minimum absolute atomic E-state index is 0.114. The Morgan fingerprint density at radius 3 is 3.12 bits per heavy atom. The van der Waals surface area contributed by atoms with Gasteiger partial charge in [-0.05, 0) is 12.8 Å². The number of piperazine rings is 1. The monoisotopic (exact) mass is 242 g/mol. The molecule has 16 heavy (non-hydrogen) atoms. The van der Waals surface area contributed by atoms with E-state index in [0.29, 0.717) is 30.3 Å². The smallest absolute Gasteiger partial charge is 0.234 e. The largest absolute Gasteiger partial charge is 0.350 e. The highest BCUT2D eigenvalue weighted by atomic mass is 32.2. The average Bonchev–Trinajstić information content (AvgIpc) is 2.67. The number of carbonyl (C=O) groups excluding carboxylic acids is 2. The summed E-state index contributed by atoms with van der Waals surface area (Å²) in [5.41, 5.74) is 0. The summed E-state index contributed by atoms with van der Waals surface area (Å²) in [6.45, 7) is 0.451. The Morgan fingerprint density at radius 1 is 1.44 bits per heavy atom. The average molecular weight is 242 g/mol. The van der Waals surface area contributed by atoms with E-state index >= 15 is 0 Å². The Morgan fingerprint density at radius 2 is 2.31 bits per heavy atom. The molecule has 2 fully saturated rings. The van der Waals surface area contributed by atoms with Crippen molar-refractivity contribution in [1.82, 2.24) is 10.6 Å². The topological polar surface area (TPSA) is 58.2 Å². The number of rotatable bonds is 5. The van der Waals surface area contributed by atoms with Crippen LogP contribution in [0.5, 0.6) is 0 Å². The van der Waals surface area contributed by atoms with Crippen molar-refractivity contribution in [3.63, 3.8) is 0 Å². The molecule has 2 aliphatic heterocycles. The van der Waals surface area contributed by atoms with Crippen LogP contribution in [0, 0.1) is 0 Å². The Labute approximate surface area is 99.9 Å². The van der Waals surface area contributed by atoms with Crippen LogP contribution in [0.15, 0.2) is 0 Å². The predicted octanol–water partition coefficient (Wildman–Crippen LogP) is 0.318. The van der Waals surface area contributed by atoms with Crippen molar-refractivity contribution in [2.75, 3.05) is 12.3 Å². The molecule has 2 N–H and O–H groups in total. The number of unbranched alkanes of at least 4 members (excludes halogenated alkanes) is 2. The quantitative estimate of drug-likeness (QED) is 0.538. The first-order chi connectivity index (χ1) is 7.81. The van der Waals surface area contributed by atoms with Crippen LogP contribution in [0.2, 0.25) is 0 Å². The van der Waals surface area contributed by atoms with Gasteiger partial charge in [0.1, 0.15) is 6.29 Å². The van der Waals surface area contributed by atoms with E-state index in [-0.39, 0.29) is 5.91 Å². The van der Waals surface area contributed by atoms with E-state index in [9.17, 15) is 9.59 Å². The van der Waals surface area contributed by atoms with Crippen LogP contribution in [0.3, 0.4) is 0 Å². The zero-order valence-corrected chi connectivity index (χ0v) is 10.1. The fraction of sp³-hybridized carbons (Fsp3) is 0.818. The summed E-state index contributed by atoms with van der Waals surface area (Å²) in [6, 6.07) is 0.737. The lowest BCUT2D eigenvalue weighted by molar-refractivity contribution is -0.122. The molecule has 0 aromatic heterocycles. The summed E-state index contributed by atoms with van der Waals surface area (Å²) in [7, 11) is 0. The molecule has 3 unspecified atom stereocenters. The van der Waals surface area contributed by atoms with E-state index in [4.69, 9.17) is 0 Å². The maximum atomic E-state index is 11.2. The molecule has 0 spiro atoms. The molecular formula is C11H18N2O2S. The first-order valence-corrected chi connectivity index (χ1v) is 6.94. The van der Waals surface area contributed by atoms with E-state index in [1.807, 2.05) is 11.8 Å². The lowest BCUT2D eigenvalue weighted by Crippen LogP contribution is -2.59. The van der Waals surface area contributed by atoms with Crippen LogP contribution in [0.1, 0.15) is 25.7 Å². The fourth-order valence-electron chi connectivity index (χ4n) is 2.40. The van der Waals surface area contributed by atoms with E-state index in [2.05, 4.69) is 10.6 Å². The third-order valence-electron chi connectivity index (χ3n) is 3.23. The predicted molar refractivity (Wildman–Crippen MR) is 64.5 cm³/mol. The molecule has 2 heterocycles. The van der Waals surface area contributed by atoms with Crippen molar-refractivity contribution in [2.24, 2.45) is 0 Å². The minimum atomic E-state index is 0.114. The van der Waals surface area contributed by atoms with Gasteiger partial charge in [0.25, 0.3) is 0 Å². The molecule has 3 atom stereocenters. The van der Waals surface area contributed by atoms with Gasteiger partial charge >= 0.3 is 0 Å². The van der Waals surface area contributed by atoms with Gasteiger partial charge in [0.2, 0.25) is 5.91 Å². The van der Waals surface area contributed by atoms with Gasteiger partial charge in [-0.1, -0.05) is 6.42 Å². The summed E-state index contributed by atoms with van der Waals surface area (Å²) in [4.78, 5) is 21.4. The van der Waals surface area contributed by atoms with Crippen molar-refractivity contribution in [3.8, 4) is 0 Å². The molecule has 2 aliphatic rings. The summed E-state index contributed by atoms with van der Waals surface area (Å²) < 4.78 is 0. The minimum Gasteiger partial charge on any atom is -0.350 e. The number of nitrogens with one attached hydrogen (secondary N) is 2. The highest BCUT2D eigenvalue weighted by molar-refractivity contribution is 8.00. The van der Waals surface area contributed by atoms with E-state index in [0.717, 1.165) is 31.3 Å². The Bertz CT molecular complexity index is 273. The normalized spacial score (nSPS) is 33.2. The molecule has 0 radical (unpaired) electrons. The Balaban J connectivity index is 1.75. The summed E-state index contributed by atoms with van der Waals surface area (Å²) in [6.07, 6.45) is 4.90. The molecular weight excluding hydrogens is 224 g/mol. The van der Waals surface area contributed by atoms with Gasteiger partial charge in [0, 0.05) is 23.5 Å². The van der Waals surface area contributed by atoms with Crippen LogP contribution in [0.25, 0.3) is 0 Å². The zero-order chi connectivity index (χ0) is 11.4. The maximum Gasteiger partial charge on any atom is 0.234 e. The van der Waals surface area contributed by atoms with Crippen molar-refractivity contribution < 1.29 is 9.59 Å². The number of hydrogen-bond donors (Lipinski definition) is 2. The van der Waals surface area contributed by atoms with E-state index in [1.165, 1.54) is 0 Å². The van der Waals surface area contributed by atoms with Crippen LogP contribution in [-0.2, 0) is 9.59 Å². The van der Waals surface area contributed by atoms with Crippen LogP contribution < -0.4 is 10.6 Å². The molecule has 0 aromatic rings. The molecule has 2 rings (SSSR count). The first kappa shape index (κ1) is 11.9. The van der Waals surface area contributed by atoms with Crippen molar-refractivity contribution in [3.05, 3.63) is 0 Å². The third-order valence-corrected chi connectivity index (χ3v) is 4.74. The first-order valence-electron chi connectivity index (χ1n) is 5.89. The van der Waals surface area contributed by atoms with Gasteiger partial charge in [-0.2, -0.15) is 11.8 Å². The molecule has 0 aromatic carbocycles. The summed E-state index contributed by atoms with van der Waals surface area (Å²) >= 11 is 1.94. The van der Waals surface area contributed by atoms with Crippen molar-refractivity contribution >= 4 is 24.0 Å². The molecule has 90 valence electrons. The number of fused-ring (bicyclic) bond motifs is 1. The number of aldehydes is 1. The van der Waals surface area contributed by atoms with Gasteiger partial charge in [-0.3, -0.25) is 4.79 Å². The summed E-state index contributed by atoms with van der Waals surface area (Å²) in [5, 5.41) is 6.95. The van der Waals surface area contributed by atoms with Gasteiger partial charge in [-0.15, -0.1) is 0 Å². The second-order valence-electron chi connectivity index (χ2n) is 4.40. The molecule has 0 aliphatic carbocycles. The molecule has 4 nitrogen and oxygen atoms in total. The van der Waals surface area contributed by atoms with Crippen LogP contribution in [-0.4, -0.2) is 41.8 Å². The highest BCUT2D eigenvalue weighted by Gasteiger charge is 2.39. The van der Waals surface area contributed by atoms with Crippen LogP contribution >= 0.6 is 11.8 Å². The molecule has 2 saturated heterocycles. The SMILES string of the molecule is O=CCCCCC1SCC2NC(=O)CNC21. The molecule has 0 bridgehead atoms. The number of carbonyl (C=O) groups is 2. The standard InChI is InChI=1S/C11H18N2O2S/c14-5-3-1-2-4-9-11-8(7-16-9)13-10(15)6-12-11/h5,8-9,11-12H,1-4,6-7H2,(H,13,15). The highest BCUT2D eigenvalue weighted by Crippen LogP contribution is 2.32. The van der Waals surface area contributed by atoms with Gasteiger partial charge in [0.05, 0.1) is 12.6 Å². The molecule has 1 amide bonds. The third kappa shape index (κ3) is 2.77. The fourth-order valence-corrected chi connectivity index (χ4v) is 3.98. The van der Waals surface area contributed by atoms with Gasteiger partial charge in [0.15, 0.2) is 0 Å². The van der Waals surface area contributed by atoms with E-state index in [1.54, 1.807) is 0 Å². The number of amides is 1. The lowest BCUT2D eigenvalue weighted by Gasteiger charge is -2.30. The van der Waals surface area contributed by atoms with Gasteiger partial charge < -0.3 is 15.4 Å². The molecule has 0 saturated carbocycles. The van der Waals surface area contributed by atoms with Crippen LogP contribution in [0.4, 0.5) is 0 Å². The number of hydrogen-bond acceptors (Lipinski definition) is 4. The second kappa shape index (κ2) is 5.68. The van der Waals surface area contributed by atoms with Crippen molar-refractivity contribution in [2.45, 2.75) is 43.0 Å². The molecule has 5 heteroatoms. The maximum absolute atomic E-state index is 11.2. The Hall–Kier alpha value is -0.550. The van der Waals surface area contributed by atoms with Crippen molar-refractivity contribution in [1.29, 1.82) is 0 Å².